The highest BCUT2D eigenvalue weighted by Crippen LogP contribution is 1.56. The monoisotopic (exact) mass is 214 g/mol. The molecule has 0 aliphatic carbocycles. The molecule has 0 amide bonds. The van der Waals surface area contributed by atoms with E-state index in [1.165, 1.54) is 6.42 Å². The van der Waals surface area contributed by atoms with E-state index in [0.29, 0.717) is 0 Å². The number of methoxy groups -OCH3 is 1. The summed E-state index contributed by atoms with van der Waals surface area (Å²) < 4.78 is 4.54. The molecule has 2 N–H and O–H groups in total. The second-order valence-electron chi connectivity index (χ2n) is 1.60. The first kappa shape index (κ1) is 37.1. The summed E-state index contributed by atoms with van der Waals surface area (Å²) >= 11 is 0. The van der Waals surface area contributed by atoms with Gasteiger partial charge in [-0.2, -0.15) is 0 Å². The van der Waals surface area contributed by atoms with Crippen molar-refractivity contribution in [3.05, 3.63) is 0 Å². The summed E-state index contributed by atoms with van der Waals surface area (Å²) in [6, 6.07) is 0. The van der Waals surface area contributed by atoms with Crippen LogP contribution in [0.15, 0.2) is 0 Å². The Labute approximate surface area is 92.1 Å². The van der Waals surface area contributed by atoms with Gasteiger partial charge in [-0.1, -0.05) is 35.1 Å². The first-order valence-corrected chi connectivity index (χ1v) is 4.29. The van der Waals surface area contributed by atoms with Crippen LogP contribution in [-0.2, 0) is 4.74 Å². The van der Waals surface area contributed by atoms with E-state index < -0.39 is 0 Å². The van der Waals surface area contributed by atoms with Crippen LogP contribution in [0.5, 0.6) is 0 Å². The van der Waals surface area contributed by atoms with Crippen LogP contribution in [0, 0.1) is 0 Å². The fourth-order valence-electron chi connectivity index (χ4n) is 0. The van der Waals surface area contributed by atoms with Crippen LogP contribution < -0.4 is 0 Å². The summed E-state index contributed by atoms with van der Waals surface area (Å²) in [6.07, 6.45) is 1.25. The van der Waals surface area contributed by atoms with E-state index in [1.54, 1.807) is 14.0 Å². The SMILES string of the molecule is C.C.CCC.CCO.CCOC.CO. The lowest BCUT2D eigenvalue weighted by atomic mass is 10.6. The topological polar surface area (TPSA) is 49.7 Å². The number of rotatable bonds is 1. The molecule has 0 saturated heterocycles. The third-order valence-electron chi connectivity index (χ3n) is 0.289. The Balaban J connectivity index is -0.0000000149. The minimum absolute atomic E-state index is 0. The Bertz CT molecular complexity index is 22.5. The molecule has 0 saturated carbocycles. The van der Waals surface area contributed by atoms with E-state index in [0.717, 1.165) is 13.7 Å². The second-order valence-corrected chi connectivity index (χ2v) is 1.60. The number of aliphatic hydroxyl groups excluding tert-OH is 2. The summed E-state index contributed by atoms with van der Waals surface area (Å²) in [7, 11) is 2.68. The molecule has 0 aromatic carbocycles. The van der Waals surface area contributed by atoms with Crippen LogP contribution in [0.3, 0.4) is 0 Å². The second kappa shape index (κ2) is 121. The lowest BCUT2D eigenvalue weighted by Gasteiger charge is -1.76. The molecule has 0 aromatic heterocycles. The molecule has 0 heterocycles. The van der Waals surface area contributed by atoms with Crippen LogP contribution in [0.2, 0.25) is 0 Å². The molecule has 0 aliphatic heterocycles. The van der Waals surface area contributed by atoms with Crippen molar-refractivity contribution in [2.24, 2.45) is 0 Å². The normalized spacial score (nSPS) is 5.14. The molecule has 0 bridgehead atoms. The molecule has 0 aromatic rings. The van der Waals surface area contributed by atoms with E-state index in [-0.39, 0.29) is 21.5 Å². The van der Waals surface area contributed by atoms with E-state index >= 15 is 0 Å². The highest BCUT2D eigenvalue weighted by Gasteiger charge is 1.51. The number of hydrogen-bond acceptors (Lipinski definition) is 3. The van der Waals surface area contributed by atoms with E-state index in [4.69, 9.17) is 10.2 Å². The Morgan fingerprint density at radius 3 is 1.00 bits per heavy atom. The molecule has 0 aliphatic rings. The molecule has 0 atom stereocenters. The summed E-state index contributed by atoms with van der Waals surface area (Å²) in [6.45, 7) is 8.96. The van der Waals surface area contributed by atoms with Gasteiger partial charge in [0.1, 0.15) is 0 Å². The molecule has 0 spiro atoms. The zero-order valence-corrected chi connectivity index (χ0v) is 9.42. The molecular weight excluding hydrogens is 180 g/mol. The van der Waals surface area contributed by atoms with Gasteiger partial charge in [-0.05, 0) is 13.8 Å². The van der Waals surface area contributed by atoms with Gasteiger partial charge in [0, 0.05) is 27.4 Å². The van der Waals surface area contributed by atoms with Crippen molar-refractivity contribution in [3.63, 3.8) is 0 Å². The third-order valence-corrected chi connectivity index (χ3v) is 0.289. The summed E-state index contributed by atoms with van der Waals surface area (Å²) in [4.78, 5) is 0. The van der Waals surface area contributed by atoms with Crippen LogP contribution in [0.1, 0.15) is 49.0 Å². The molecule has 96 valence electrons. The Kier molecular flexibility index (Phi) is 320. The number of aliphatic hydroxyl groups is 2. The quantitative estimate of drug-likeness (QED) is 0.705. The van der Waals surface area contributed by atoms with Gasteiger partial charge in [0.2, 0.25) is 0 Å². The third kappa shape index (κ3) is 1820. The molecular formula is C11H34O3. The molecule has 14 heavy (non-hydrogen) atoms. The van der Waals surface area contributed by atoms with Crippen molar-refractivity contribution in [2.45, 2.75) is 49.0 Å². The number of ether oxygens (including phenoxy) is 1. The number of hydrogen-bond donors (Lipinski definition) is 2. The Morgan fingerprint density at radius 2 is 1.00 bits per heavy atom. The highest BCUT2D eigenvalue weighted by atomic mass is 16.5. The minimum Gasteiger partial charge on any atom is -0.400 e. The Hall–Kier alpha value is -0.120. The standard InChI is InChI=1S/C3H8O.C3H8.C2H6O.CH4O.2CH4/c1-3-4-2;1-3-2;1-2-3;1-2;;/h3H2,1-2H3;3H2,1-2H3;3H,2H2,1H3;2H,1H3;2*1H4. The average molecular weight is 214 g/mol. The zero-order chi connectivity index (χ0) is 10.8. The van der Waals surface area contributed by atoms with Crippen molar-refractivity contribution < 1.29 is 14.9 Å². The van der Waals surface area contributed by atoms with Crippen molar-refractivity contribution in [1.29, 1.82) is 0 Å². The first-order chi connectivity index (χ1) is 5.74. The van der Waals surface area contributed by atoms with Crippen LogP contribution in [-0.4, -0.2) is 37.6 Å². The molecule has 0 radical (unpaired) electrons. The predicted octanol–water partition coefficient (Wildman–Crippen LogP) is 2.95. The lowest BCUT2D eigenvalue weighted by Crippen LogP contribution is -1.73. The zero-order valence-electron chi connectivity index (χ0n) is 9.42. The fourth-order valence-corrected chi connectivity index (χ4v) is 0. The van der Waals surface area contributed by atoms with E-state index in [1.807, 2.05) is 6.92 Å². The lowest BCUT2D eigenvalue weighted by molar-refractivity contribution is 0.215. The van der Waals surface area contributed by atoms with E-state index in [2.05, 4.69) is 18.6 Å². The van der Waals surface area contributed by atoms with Crippen LogP contribution in [0.4, 0.5) is 0 Å². The van der Waals surface area contributed by atoms with Gasteiger partial charge in [0.25, 0.3) is 0 Å². The molecule has 0 fully saturated rings. The maximum absolute atomic E-state index is 7.57. The maximum atomic E-state index is 7.57. The fraction of sp³-hybridized carbons (Fsp3) is 1.00. The molecule has 3 heteroatoms. The summed E-state index contributed by atoms with van der Waals surface area (Å²) in [5.41, 5.74) is 0. The molecule has 0 unspecified atom stereocenters. The van der Waals surface area contributed by atoms with Gasteiger partial charge in [0.15, 0.2) is 0 Å². The first-order valence-electron chi connectivity index (χ1n) is 4.29. The van der Waals surface area contributed by atoms with Gasteiger partial charge < -0.3 is 14.9 Å². The van der Waals surface area contributed by atoms with Crippen molar-refractivity contribution in [3.8, 4) is 0 Å². The van der Waals surface area contributed by atoms with E-state index in [9.17, 15) is 0 Å². The molecule has 0 rings (SSSR count). The van der Waals surface area contributed by atoms with Crippen LogP contribution in [0.25, 0.3) is 0 Å². The van der Waals surface area contributed by atoms with Gasteiger partial charge in [-0.15, -0.1) is 0 Å². The molecule has 3 nitrogen and oxygen atoms in total. The largest absolute Gasteiger partial charge is 0.400 e. The van der Waals surface area contributed by atoms with Gasteiger partial charge in [-0.25, -0.2) is 0 Å². The Morgan fingerprint density at radius 1 is 0.929 bits per heavy atom. The average Bonchev–Trinajstić information content (AvgIpc) is 2.10. The van der Waals surface area contributed by atoms with Crippen molar-refractivity contribution in [1.82, 2.24) is 0 Å². The minimum atomic E-state index is 0. The van der Waals surface area contributed by atoms with Gasteiger partial charge in [-0.3, -0.25) is 0 Å². The summed E-state index contributed by atoms with van der Waals surface area (Å²) in [5.74, 6) is 0. The highest BCUT2D eigenvalue weighted by molar-refractivity contribution is 3.94. The van der Waals surface area contributed by atoms with Gasteiger partial charge in [0.05, 0.1) is 0 Å². The van der Waals surface area contributed by atoms with Crippen molar-refractivity contribution >= 4 is 0 Å². The summed E-state index contributed by atoms with van der Waals surface area (Å²) in [5, 5.41) is 14.6. The smallest absolute Gasteiger partial charge is 0.0433 e. The van der Waals surface area contributed by atoms with Gasteiger partial charge >= 0.3 is 0 Å². The maximum Gasteiger partial charge on any atom is 0.0433 e. The van der Waals surface area contributed by atoms with Crippen LogP contribution >= 0.6 is 0 Å². The van der Waals surface area contributed by atoms with Crippen molar-refractivity contribution in [2.75, 3.05) is 27.4 Å². The predicted molar refractivity (Wildman–Crippen MR) is 67.9 cm³/mol.